The third-order valence-corrected chi connectivity index (χ3v) is 3.36. The van der Waals surface area contributed by atoms with Gasteiger partial charge in [0.05, 0.1) is 0 Å². The van der Waals surface area contributed by atoms with Gasteiger partial charge in [0, 0.05) is 30.7 Å². The molecule has 0 amide bonds. The van der Waals surface area contributed by atoms with Gasteiger partial charge in [0.2, 0.25) is 0 Å². The lowest BCUT2D eigenvalue weighted by molar-refractivity contribution is 0.709. The van der Waals surface area contributed by atoms with Crippen LogP contribution >= 0.6 is 0 Å². The van der Waals surface area contributed by atoms with E-state index >= 15 is 0 Å². The minimum atomic E-state index is 0.524. The van der Waals surface area contributed by atoms with Crippen molar-refractivity contribution in [3.63, 3.8) is 0 Å². The van der Waals surface area contributed by atoms with Crippen molar-refractivity contribution in [1.82, 2.24) is 4.98 Å². The Hall–Kier alpha value is -1.31. The maximum atomic E-state index is 4.39. The van der Waals surface area contributed by atoms with E-state index in [1.807, 2.05) is 12.4 Å². The molecular weight excluding hydrogens is 208 g/mol. The van der Waals surface area contributed by atoms with E-state index in [4.69, 9.17) is 0 Å². The number of anilines is 1. The first-order valence-corrected chi connectivity index (χ1v) is 6.49. The van der Waals surface area contributed by atoms with Crippen molar-refractivity contribution in [2.75, 3.05) is 11.4 Å². The molecule has 0 N–H and O–H groups in total. The first-order chi connectivity index (χ1) is 8.11. The number of nitrogens with zero attached hydrogens (tertiary/aromatic N) is 2. The molecule has 1 aliphatic heterocycles. The third-order valence-electron chi connectivity index (χ3n) is 3.36. The standard InChI is InChI=1S/C15H22N2/c1-11(2)14-10-16-9-13-7-5-6-8-17(12(3)4)15(13)14/h5-6,9-12H,7-8H2,1-4H3. The van der Waals surface area contributed by atoms with E-state index in [0.717, 1.165) is 13.0 Å². The maximum Gasteiger partial charge on any atom is 0.0473 e. The maximum absolute atomic E-state index is 4.39. The molecule has 0 bridgehead atoms. The quantitative estimate of drug-likeness (QED) is 0.722. The topological polar surface area (TPSA) is 16.1 Å². The van der Waals surface area contributed by atoms with Gasteiger partial charge in [-0.15, -0.1) is 0 Å². The van der Waals surface area contributed by atoms with Gasteiger partial charge in [-0.3, -0.25) is 4.98 Å². The molecule has 0 aromatic carbocycles. The van der Waals surface area contributed by atoms with E-state index < -0.39 is 0 Å². The number of allylic oxidation sites excluding steroid dienone is 1. The molecule has 0 fully saturated rings. The van der Waals surface area contributed by atoms with Gasteiger partial charge in [-0.05, 0) is 37.3 Å². The van der Waals surface area contributed by atoms with E-state index in [1.54, 1.807) is 0 Å². The van der Waals surface area contributed by atoms with Gasteiger partial charge in [0.25, 0.3) is 0 Å². The summed E-state index contributed by atoms with van der Waals surface area (Å²) in [5.74, 6) is 0.525. The highest BCUT2D eigenvalue weighted by Gasteiger charge is 2.20. The monoisotopic (exact) mass is 230 g/mol. The molecule has 2 rings (SSSR count). The summed E-state index contributed by atoms with van der Waals surface area (Å²) in [5, 5.41) is 0. The zero-order valence-electron chi connectivity index (χ0n) is 11.3. The van der Waals surface area contributed by atoms with Crippen molar-refractivity contribution in [3.05, 3.63) is 35.7 Å². The zero-order chi connectivity index (χ0) is 12.4. The summed E-state index contributed by atoms with van der Waals surface area (Å²) < 4.78 is 0. The normalized spacial score (nSPS) is 15.3. The van der Waals surface area contributed by atoms with Crippen LogP contribution in [-0.2, 0) is 6.42 Å². The number of hydrogen-bond acceptors (Lipinski definition) is 2. The van der Waals surface area contributed by atoms with Gasteiger partial charge in [0.15, 0.2) is 0 Å². The van der Waals surface area contributed by atoms with Crippen LogP contribution in [0.25, 0.3) is 0 Å². The Morgan fingerprint density at radius 2 is 1.88 bits per heavy atom. The summed E-state index contributed by atoms with van der Waals surface area (Å²) in [6.45, 7) is 10.0. The molecule has 2 heteroatoms. The van der Waals surface area contributed by atoms with Crippen LogP contribution in [0, 0.1) is 0 Å². The zero-order valence-corrected chi connectivity index (χ0v) is 11.3. The van der Waals surface area contributed by atoms with Gasteiger partial charge in [-0.1, -0.05) is 26.0 Å². The smallest absolute Gasteiger partial charge is 0.0473 e. The van der Waals surface area contributed by atoms with E-state index in [9.17, 15) is 0 Å². The Balaban J connectivity index is 2.55. The van der Waals surface area contributed by atoms with Crippen molar-refractivity contribution >= 4 is 5.69 Å². The van der Waals surface area contributed by atoms with E-state index in [1.165, 1.54) is 16.8 Å². The molecule has 92 valence electrons. The predicted molar refractivity (Wildman–Crippen MR) is 73.7 cm³/mol. The number of rotatable bonds is 2. The fourth-order valence-corrected chi connectivity index (χ4v) is 2.40. The Morgan fingerprint density at radius 3 is 2.53 bits per heavy atom. The Morgan fingerprint density at radius 1 is 1.12 bits per heavy atom. The summed E-state index contributed by atoms with van der Waals surface area (Å²) in [4.78, 5) is 6.88. The molecule has 0 atom stereocenters. The minimum absolute atomic E-state index is 0.524. The van der Waals surface area contributed by atoms with E-state index in [2.05, 4.69) is 49.7 Å². The number of fused-ring (bicyclic) bond motifs is 1. The molecule has 0 spiro atoms. The van der Waals surface area contributed by atoms with Crippen LogP contribution in [0.4, 0.5) is 5.69 Å². The molecule has 2 heterocycles. The van der Waals surface area contributed by atoms with Crippen molar-refractivity contribution in [2.45, 2.75) is 46.1 Å². The second-order valence-electron chi connectivity index (χ2n) is 5.31. The Labute approximate surface area is 104 Å². The van der Waals surface area contributed by atoms with E-state index in [-0.39, 0.29) is 0 Å². The van der Waals surface area contributed by atoms with Crippen molar-refractivity contribution in [1.29, 1.82) is 0 Å². The second-order valence-corrected chi connectivity index (χ2v) is 5.31. The van der Waals surface area contributed by atoms with E-state index in [0.29, 0.717) is 12.0 Å². The number of hydrogen-bond donors (Lipinski definition) is 0. The molecule has 1 aromatic rings. The highest BCUT2D eigenvalue weighted by atomic mass is 15.2. The average molecular weight is 230 g/mol. The molecule has 17 heavy (non-hydrogen) atoms. The van der Waals surface area contributed by atoms with Crippen molar-refractivity contribution in [2.24, 2.45) is 0 Å². The predicted octanol–water partition coefficient (Wildman–Crippen LogP) is 3.53. The molecular formula is C15H22N2. The summed E-state index contributed by atoms with van der Waals surface area (Å²) >= 11 is 0. The molecule has 0 saturated carbocycles. The lowest BCUT2D eigenvalue weighted by Gasteiger charge is -2.31. The first-order valence-electron chi connectivity index (χ1n) is 6.49. The van der Waals surface area contributed by atoms with Crippen LogP contribution < -0.4 is 4.90 Å². The first kappa shape index (κ1) is 12.2. The fraction of sp³-hybridized carbons (Fsp3) is 0.533. The number of pyridine rings is 1. The molecule has 1 aliphatic rings. The van der Waals surface area contributed by atoms with Crippen molar-refractivity contribution in [3.8, 4) is 0 Å². The Bertz CT molecular complexity index is 419. The van der Waals surface area contributed by atoms with Gasteiger partial charge < -0.3 is 4.90 Å². The molecule has 0 aliphatic carbocycles. The van der Waals surface area contributed by atoms with Crippen LogP contribution in [0.3, 0.4) is 0 Å². The molecule has 0 radical (unpaired) electrons. The van der Waals surface area contributed by atoms with Gasteiger partial charge in [-0.2, -0.15) is 0 Å². The highest BCUT2D eigenvalue weighted by molar-refractivity contribution is 5.62. The molecule has 1 aromatic heterocycles. The molecule has 2 nitrogen and oxygen atoms in total. The Kier molecular flexibility index (Phi) is 3.51. The summed E-state index contributed by atoms with van der Waals surface area (Å²) in [5.41, 5.74) is 4.15. The largest absolute Gasteiger partial charge is 0.365 e. The van der Waals surface area contributed by atoms with Crippen LogP contribution in [0.1, 0.15) is 44.7 Å². The fourth-order valence-electron chi connectivity index (χ4n) is 2.40. The summed E-state index contributed by atoms with van der Waals surface area (Å²) in [6, 6.07) is 0.524. The summed E-state index contributed by atoms with van der Waals surface area (Å²) in [6.07, 6.45) is 9.58. The summed E-state index contributed by atoms with van der Waals surface area (Å²) in [7, 11) is 0. The van der Waals surface area contributed by atoms with Crippen LogP contribution in [0.2, 0.25) is 0 Å². The lowest BCUT2D eigenvalue weighted by Crippen LogP contribution is -2.32. The van der Waals surface area contributed by atoms with Crippen LogP contribution in [-0.4, -0.2) is 17.6 Å². The second kappa shape index (κ2) is 4.91. The molecule has 0 saturated heterocycles. The highest BCUT2D eigenvalue weighted by Crippen LogP contribution is 2.33. The van der Waals surface area contributed by atoms with Gasteiger partial charge in [-0.25, -0.2) is 0 Å². The van der Waals surface area contributed by atoms with Crippen LogP contribution in [0.15, 0.2) is 24.5 Å². The third kappa shape index (κ3) is 2.36. The van der Waals surface area contributed by atoms with Crippen molar-refractivity contribution < 1.29 is 0 Å². The molecule has 0 unspecified atom stereocenters. The average Bonchev–Trinajstić information content (AvgIpc) is 2.50. The minimum Gasteiger partial charge on any atom is -0.365 e. The lowest BCUT2D eigenvalue weighted by atomic mass is 9.98. The van der Waals surface area contributed by atoms with Crippen LogP contribution in [0.5, 0.6) is 0 Å². The van der Waals surface area contributed by atoms with Gasteiger partial charge in [0.1, 0.15) is 0 Å². The number of aromatic nitrogens is 1. The van der Waals surface area contributed by atoms with Gasteiger partial charge >= 0.3 is 0 Å². The SMILES string of the molecule is CC(C)c1cncc2c1N(C(C)C)CC=CC2.